The number of carboxylic acids is 1. The number of ether oxygens (including phenoxy) is 1. The maximum absolute atomic E-state index is 11.2. The van der Waals surface area contributed by atoms with Crippen molar-refractivity contribution in [2.45, 2.75) is 84.7 Å². The first-order valence-corrected chi connectivity index (χ1v) is 11.8. The van der Waals surface area contributed by atoms with Gasteiger partial charge in [0.15, 0.2) is 8.32 Å². The molecule has 1 rings (SSSR count). The van der Waals surface area contributed by atoms with Gasteiger partial charge in [-0.15, -0.1) is 0 Å². The van der Waals surface area contributed by atoms with E-state index in [0.29, 0.717) is 12.5 Å². The summed E-state index contributed by atoms with van der Waals surface area (Å²) in [6.07, 6.45) is 1.77. The molecule has 0 spiro atoms. The molecule has 5 atom stereocenters. The smallest absolute Gasteiger partial charge is 0.308 e. The number of rotatable bonds is 6. The molecular weight excluding hydrogens is 308 g/mol. The van der Waals surface area contributed by atoms with Crippen LogP contribution in [0, 0.1) is 17.8 Å². The Labute approximate surface area is 143 Å². The van der Waals surface area contributed by atoms with Gasteiger partial charge in [0.25, 0.3) is 0 Å². The third kappa shape index (κ3) is 5.30. The lowest BCUT2D eigenvalue weighted by Crippen LogP contribution is -2.46. The molecule has 4 nitrogen and oxygen atoms in total. The summed E-state index contributed by atoms with van der Waals surface area (Å²) in [5, 5.41) is 9.43. The van der Waals surface area contributed by atoms with Crippen LogP contribution in [0.1, 0.15) is 54.4 Å². The lowest BCUT2D eigenvalue weighted by Gasteiger charge is -2.42. The topological polar surface area (TPSA) is 55.8 Å². The van der Waals surface area contributed by atoms with Crippen molar-refractivity contribution in [2.24, 2.45) is 17.8 Å². The monoisotopic (exact) mass is 344 g/mol. The number of carbonyl (C=O) groups is 1. The maximum atomic E-state index is 11.2. The van der Waals surface area contributed by atoms with E-state index < -0.39 is 20.2 Å². The molecule has 0 saturated carbocycles. The highest BCUT2D eigenvalue weighted by Gasteiger charge is 2.40. The van der Waals surface area contributed by atoms with Crippen LogP contribution in [0.4, 0.5) is 0 Å². The van der Waals surface area contributed by atoms with Crippen molar-refractivity contribution in [3.05, 3.63) is 0 Å². The van der Waals surface area contributed by atoms with Crippen molar-refractivity contribution < 1.29 is 19.1 Å². The fourth-order valence-corrected chi connectivity index (χ4v) is 3.98. The molecule has 0 aliphatic carbocycles. The summed E-state index contributed by atoms with van der Waals surface area (Å²) in [4.78, 5) is 11.2. The molecule has 0 bridgehead atoms. The summed E-state index contributed by atoms with van der Waals surface area (Å²) in [5.74, 6) is -0.486. The van der Waals surface area contributed by atoms with Gasteiger partial charge in [-0.25, -0.2) is 0 Å². The van der Waals surface area contributed by atoms with Gasteiger partial charge in [-0.3, -0.25) is 4.79 Å². The molecule has 0 aromatic heterocycles. The highest BCUT2D eigenvalue weighted by Crippen LogP contribution is 2.38. The molecule has 136 valence electrons. The minimum Gasteiger partial charge on any atom is -0.481 e. The predicted molar refractivity (Wildman–Crippen MR) is 96.2 cm³/mol. The van der Waals surface area contributed by atoms with Crippen LogP contribution < -0.4 is 0 Å². The standard InChI is InChI=1S/C18H36O4Si/c1-12-9-10-15(14(3)17(19)20)22-16(12)13(2)11-21-23(7,8)18(4,5)6/h12-16H,9-11H2,1-8H3,(H,19,20)/t12-,13-,14-,15-,16-/m0/s1. The summed E-state index contributed by atoms with van der Waals surface area (Å²) in [7, 11) is -1.76. The van der Waals surface area contributed by atoms with Gasteiger partial charge >= 0.3 is 5.97 Å². The molecule has 1 heterocycles. The normalized spacial score (nSPS) is 29.1. The van der Waals surface area contributed by atoms with E-state index in [0.717, 1.165) is 12.8 Å². The molecule has 1 N–H and O–H groups in total. The molecule has 0 aromatic rings. The average Bonchev–Trinajstić information content (AvgIpc) is 2.43. The summed E-state index contributed by atoms with van der Waals surface area (Å²) in [6.45, 7) is 18.1. The van der Waals surface area contributed by atoms with E-state index in [9.17, 15) is 9.90 Å². The van der Waals surface area contributed by atoms with E-state index in [4.69, 9.17) is 9.16 Å². The van der Waals surface area contributed by atoms with Crippen LogP contribution in [-0.4, -0.2) is 38.2 Å². The van der Waals surface area contributed by atoms with Gasteiger partial charge in [-0.05, 0) is 43.8 Å². The second-order valence-electron chi connectivity index (χ2n) is 8.87. The second kappa shape index (κ2) is 7.66. The van der Waals surface area contributed by atoms with Gasteiger partial charge in [0.1, 0.15) is 0 Å². The largest absolute Gasteiger partial charge is 0.481 e. The molecule has 0 amide bonds. The zero-order chi connectivity index (χ0) is 18.0. The van der Waals surface area contributed by atoms with E-state index >= 15 is 0 Å². The van der Waals surface area contributed by atoms with Gasteiger partial charge in [0, 0.05) is 12.5 Å². The summed E-state index contributed by atoms with van der Waals surface area (Å²) in [5.41, 5.74) is 0. The summed E-state index contributed by atoms with van der Waals surface area (Å²) < 4.78 is 12.5. The lowest BCUT2D eigenvalue weighted by atomic mass is 9.84. The first-order chi connectivity index (χ1) is 10.4. The Morgan fingerprint density at radius 1 is 1.30 bits per heavy atom. The fraction of sp³-hybridized carbons (Fsp3) is 0.944. The van der Waals surface area contributed by atoms with Crippen LogP contribution in [0.3, 0.4) is 0 Å². The van der Waals surface area contributed by atoms with Crippen LogP contribution >= 0.6 is 0 Å². The second-order valence-corrected chi connectivity index (χ2v) is 13.7. The molecule has 0 unspecified atom stereocenters. The minimum absolute atomic E-state index is 0.0836. The first kappa shape index (κ1) is 20.7. The molecule has 1 saturated heterocycles. The van der Waals surface area contributed by atoms with Crippen LogP contribution in [-0.2, 0) is 14.0 Å². The molecule has 23 heavy (non-hydrogen) atoms. The Hall–Kier alpha value is -0.393. The van der Waals surface area contributed by atoms with E-state index in [1.54, 1.807) is 6.92 Å². The van der Waals surface area contributed by atoms with Gasteiger partial charge < -0.3 is 14.3 Å². The molecule has 5 heteroatoms. The Bertz CT molecular complexity index is 402. The Balaban J connectivity index is 2.66. The fourth-order valence-electron chi connectivity index (χ4n) is 2.87. The quantitative estimate of drug-likeness (QED) is 0.718. The molecule has 1 aliphatic rings. The first-order valence-electron chi connectivity index (χ1n) is 8.89. The Morgan fingerprint density at radius 3 is 2.35 bits per heavy atom. The molecule has 0 aromatic carbocycles. The SMILES string of the molecule is C[C@H](C(=O)O)[C@@H]1CC[C@H](C)[C@@H]([C@@H](C)CO[Si](C)(C)C(C)(C)C)O1. The van der Waals surface area contributed by atoms with Gasteiger partial charge in [0.05, 0.1) is 18.1 Å². The molecule has 1 fully saturated rings. The molecule has 0 radical (unpaired) electrons. The van der Waals surface area contributed by atoms with Gasteiger partial charge in [0.2, 0.25) is 0 Å². The van der Waals surface area contributed by atoms with E-state index in [1.807, 2.05) is 0 Å². The highest BCUT2D eigenvalue weighted by atomic mass is 28.4. The van der Waals surface area contributed by atoms with Gasteiger partial charge in [-0.2, -0.15) is 0 Å². The average molecular weight is 345 g/mol. The van der Waals surface area contributed by atoms with Crippen molar-refractivity contribution in [3.63, 3.8) is 0 Å². The molecular formula is C18H36O4Si. The van der Waals surface area contributed by atoms with Crippen molar-refractivity contribution in [1.82, 2.24) is 0 Å². The third-order valence-corrected chi connectivity index (χ3v) is 10.3. The number of hydrogen-bond donors (Lipinski definition) is 1. The Kier molecular flexibility index (Phi) is 6.88. The Morgan fingerprint density at radius 2 is 1.87 bits per heavy atom. The lowest BCUT2D eigenvalue weighted by molar-refractivity contribution is -0.160. The minimum atomic E-state index is -1.76. The van der Waals surface area contributed by atoms with Gasteiger partial charge in [-0.1, -0.05) is 34.6 Å². The maximum Gasteiger partial charge on any atom is 0.308 e. The highest BCUT2D eigenvalue weighted by molar-refractivity contribution is 6.74. The third-order valence-electron chi connectivity index (χ3n) is 5.82. The van der Waals surface area contributed by atoms with Crippen molar-refractivity contribution in [2.75, 3.05) is 6.61 Å². The summed E-state index contributed by atoms with van der Waals surface area (Å²) >= 11 is 0. The van der Waals surface area contributed by atoms with Crippen molar-refractivity contribution in [3.8, 4) is 0 Å². The van der Waals surface area contributed by atoms with E-state index in [-0.39, 0.29) is 23.2 Å². The van der Waals surface area contributed by atoms with E-state index in [2.05, 4.69) is 47.7 Å². The predicted octanol–water partition coefficient (Wildman–Crippen LogP) is 4.55. The number of aliphatic carboxylic acids is 1. The van der Waals surface area contributed by atoms with E-state index in [1.165, 1.54) is 0 Å². The number of hydrogen-bond acceptors (Lipinski definition) is 3. The van der Waals surface area contributed by atoms with Crippen LogP contribution in [0.2, 0.25) is 18.1 Å². The van der Waals surface area contributed by atoms with Crippen LogP contribution in [0.15, 0.2) is 0 Å². The van der Waals surface area contributed by atoms with Crippen LogP contribution in [0.25, 0.3) is 0 Å². The zero-order valence-corrected chi connectivity index (χ0v) is 17.2. The zero-order valence-electron chi connectivity index (χ0n) is 16.2. The van der Waals surface area contributed by atoms with Crippen molar-refractivity contribution >= 4 is 14.3 Å². The summed E-state index contributed by atoms with van der Waals surface area (Å²) in [6, 6.07) is 0. The van der Waals surface area contributed by atoms with Crippen molar-refractivity contribution in [1.29, 1.82) is 0 Å². The molecule has 1 aliphatic heterocycles. The number of carboxylic acid groups (broad SMARTS) is 1. The van der Waals surface area contributed by atoms with Crippen LogP contribution in [0.5, 0.6) is 0 Å².